The Balaban J connectivity index is 2.58. The third-order valence-corrected chi connectivity index (χ3v) is 2.83. The SMILES string of the molecule is C=CCN(CC=C)CC(=O)Nc1ccc(C(N)=S)cc1. The minimum absolute atomic E-state index is 0.0863. The summed E-state index contributed by atoms with van der Waals surface area (Å²) in [6.07, 6.45) is 3.52. The van der Waals surface area contributed by atoms with Gasteiger partial charge in [0.1, 0.15) is 4.99 Å². The van der Waals surface area contributed by atoms with Gasteiger partial charge in [-0.2, -0.15) is 0 Å². The van der Waals surface area contributed by atoms with Gasteiger partial charge in [0.15, 0.2) is 0 Å². The maximum Gasteiger partial charge on any atom is 0.238 e. The van der Waals surface area contributed by atoms with E-state index in [9.17, 15) is 4.79 Å². The number of thiocarbonyl (C=S) groups is 1. The summed E-state index contributed by atoms with van der Waals surface area (Å²) in [6.45, 7) is 8.90. The molecule has 0 bridgehead atoms. The van der Waals surface area contributed by atoms with Crippen molar-refractivity contribution in [2.75, 3.05) is 25.0 Å². The number of carbonyl (C=O) groups excluding carboxylic acids is 1. The lowest BCUT2D eigenvalue weighted by molar-refractivity contribution is -0.117. The summed E-state index contributed by atoms with van der Waals surface area (Å²) in [7, 11) is 0. The number of nitrogens with zero attached hydrogens (tertiary/aromatic N) is 1. The van der Waals surface area contributed by atoms with Crippen LogP contribution in [0.1, 0.15) is 5.56 Å². The molecule has 5 heteroatoms. The van der Waals surface area contributed by atoms with Gasteiger partial charge in [-0.15, -0.1) is 13.2 Å². The molecule has 20 heavy (non-hydrogen) atoms. The molecule has 0 radical (unpaired) electrons. The van der Waals surface area contributed by atoms with Crippen LogP contribution >= 0.6 is 12.2 Å². The molecule has 0 fully saturated rings. The van der Waals surface area contributed by atoms with E-state index >= 15 is 0 Å². The molecule has 0 saturated heterocycles. The molecule has 0 aliphatic rings. The molecule has 0 atom stereocenters. The van der Waals surface area contributed by atoms with Crippen molar-refractivity contribution in [3.05, 3.63) is 55.1 Å². The molecular formula is C15H19N3OS. The highest BCUT2D eigenvalue weighted by molar-refractivity contribution is 7.80. The molecule has 0 aliphatic carbocycles. The predicted octanol–water partition coefficient (Wildman–Crippen LogP) is 1.93. The van der Waals surface area contributed by atoms with E-state index < -0.39 is 0 Å². The lowest BCUT2D eigenvalue weighted by Crippen LogP contribution is -2.33. The fourth-order valence-corrected chi connectivity index (χ4v) is 1.83. The highest BCUT2D eigenvalue weighted by Gasteiger charge is 2.08. The van der Waals surface area contributed by atoms with E-state index in [4.69, 9.17) is 18.0 Å². The molecule has 1 aromatic rings. The standard InChI is InChI=1S/C15H19N3OS/c1-3-9-18(10-4-2)11-14(19)17-13-7-5-12(6-8-13)15(16)20/h3-8H,1-2,9-11H2,(H2,16,20)(H,17,19). The highest BCUT2D eigenvalue weighted by atomic mass is 32.1. The lowest BCUT2D eigenvalue weighted by Gasteiger charge is -2.18. The van der Waals surface area contributed by atoms with Crippen LogP contribution in [0.15, 0.2) is 49.6 Å². The zero-order valence-corrected chi connectivity index (χ0v) is 12.2. The number of hydrogen-bond acceptors (Lipinski definition) is 3. The molecule has 0 aliphatic heterocycles. The number of nitrogens with two attached hydrogens (primary N) is 1. The fraction of sp³-hybridized carbons (Fsp3) is 0.200. The summed E-state index contributed by atoms with van der Waals surface area (Å²) in [5.74, 6) is -0.0863. The van der Waals surface area contributed by atoms with Crippen LogP contribution < -0.4 is 11.1 Å². The van der Waals surface area contributed by atoms with Crippen molar-refractivity contribution >= 4 is 28.8 Å². The smallest absolute Gasteiger partial charge is 0.238 e. The maximum absolute atomic E-state index is 11.9. The monoisotopic (exact) mass is 289 g/mol. The molecule has 0 heterocycles. The van der Waals surface area contributed by atoms with Crippen molar-refractivity contribution in [3.8, 4) is 0 Å². The van der Waals surface area contributed by atoms with Crippen LogP contribution in [-0.2, 0) is 4.79 Å². The number of benzene rings is 1. The Hall–Kier alpha value is -1.98. The van der Waals surface area contributed by atoms with Crippen LogP contribution in [0.5, 0.6) is 0 Å². The van der Waals surface area contributed by atoms with Gasteiger partial charge >= 0.3 is 0 Å². The highest BCUT2D eigenvalue weighted by Crippen LogP contribution is 2.09. The molecule has 1 rings (SSSR count). The Bertz CT molecular complexity index is 486. The minimum atomic E-state index is -0.0863. The van der Waals surface area contributed by atoms with E-state index in [1.165, 1.54) is 0 Å². The first-order valence-electron chi connectivity index (χ1n) is 6.20. The van der Waals surface area contributed by atoms with E-state index in [1.807, 2.05) is 4.90 Å². The van der Waals surface area contributed by atoms with E-state index in [2.05, 4.69) is 18.5 Å². The Labute approximate surface area is 125 Å². The Morgan fingerprint density at radius 2 is 1.80 bits per heavy atom. The fourth-order valence-electron chi connectivity index (χ4n) is 1.69. The number of rotatable bonds is 8. The summed E-state index contributed by atoms with van der Waals surface area (Å²) in [5, 5.41) is 2.82. The van der Waals surface area contributed by atoms with Crippen LogP contribution in [0.4, 0.5) is 5.69 Å². The summed E-state index contributed by atoms with van der Waals surface area (Å²) in [6, 6.07) is 7.11. The second kappa shape index (κ2) is 8.24. The maximum atomic E-state index is 11.9. The van der Waals surface area contributed by atoms with Crippen molar-refractivity contribution in [2.24, 2.45) is 5.73 Å². The quantitative estimate of drug-likeness (QED) is 0.567. The minimum Gasteiger partial charge on any atom is -0.389 e. The zero-order chi connectivity index (χ0) is 15.0. The van der Waals surface area contributed by atoms with Gasteiger partial charge in [-0.25, -0.2) is 0 Å². The van der Waals surface area contributed by atoms with Crippen molar-refractivity contribution < 1.29 is 4.79 Å². The lowest BCUT2D eigenvalue weighted by atomic mass is 10.2. The van der Waals surface area contributed by atoms with E-state index in [0.717, 1.165) is 5.56 Å². The van der Waals surface area contributed by atoms with Crippen molar-refractivity contribution in [3.63, 3.8) is 0 Å². The average Bonchev–Trinajstić information content (AvgIpc) is 2.39. The third-order valence-electron chi connectivity index (χ3n) is 2.59. The summed E-state index contributed by atoms with van der Waals surface area (Å²) in [5.41, 5.74) is 7.01. The second-order valence-electron chi connectivity index (χ2n) is 4.26. The van der Waals surface area contributed by atoms with Gasteiger partial charge in [-0.3, -0.25) is 9.69 Å². The van der Waals surface area contributed by atoms with Gasteiger partial charge in [0, 0.05) is 24.3 Å². The molecule has 1 amide bonds. The first-order valence-corrected chi connectivity index (χ1v) is 6.61. The number of nitrogens with one attached hydrogen (secondary N) is 1. The van der Waals surface area contributed by atoms with Crippen LogP contribution in [0.3, 0.4) is 0 Å². The number of carbonyl (C=O) groups is 1. The largest absolute Gasteiger partial charge is 0.389 e. The number of hydrogen-bond donors (Lipinski definition) is 2. The van der Waals surface area contributed by atoms with Crippen molar-refractivity contribution in [2.45, 2.75) is 0 Å². The molecule has 4 nitrogen and oxygen atoms in total. The van der Waals surface area contributed by atoms with E-state index in [1.54, 1.807) is 36.4 Å². The molecule has 106 valence electrons. The first kappa shape index (κ1) is 16.1. The predicted molar refractivity (Wildman–Crippen MR) is 87.8 cm³/mol. The zero-order valence-electron chi connectivity index (χ0n) is 11.3. The first-order chi connectivity index (χ1) is 9.56. The number of anilines is 1. The topological polar surface area (TPSA) is 58.4 Å². The van der Waals surface area contributed by atoms with Gasteiger partial charge in [-0.05, 0) is 24.3 Å². The molecule has 0 unspecified atom stereocenters. The van der Waals surface area contributed by atoms with Crippen LogP contribution in [0.2, 0.25) is 0 Å². The van der Waals surface area contributed by atoms with Gasteiger partial charge in [0.05, 0.1) is 6.54 Å². The van der Waals surface area contributed by atoms with Crippen LogP contribution in [0, 0.1) is 0 Å². The number of amides is 1. The molecule has 0 spiro atoms. The summed E-state index contributed by atoms with van der Waals surface area (Å²) < 4.78 is 0. The Kier molecular flexibility index (Phi) is 6.63. The van der Waals surface area contributed by atoms with Gasteiger partial charge < -0.3 is 11.1 Å². The van der Waals surface area contributed by atoms with Crippen molar-refractivity contribution in [1.29, 1.82) is 0 Å². The molecular weight excluding hydrogens is 270 g/mol. The summed E-state index contributed by atoms with van der Waals surface area (Å²) >= 11 is 4.87. The van der Waals surface area contributed by atoms with E-state index in [0.29, 0.717) is 23.8 Å². The second-order valence-corrected chi connectivity index (χ2v) is 4.70. The molecule has 0 saturated carbocycles. The van der Waals surface area contributed by atoms with Gasteiger partial charge in [0.2, 0.25) is 5.91 Å². The van der Waals surface area contributed by atoms with Gasteiger partial charge in [-0.1, -0.05) is 24.4 Å². The Morgan fingerprint density at radius 3 is 2.25 bits per heavy atom. The summed E-state index contributed by atoms with van der Waals surface area (Å²) in [4.78, 5) is 14.2. The van der Waals surface area contributed by atoms with Crippen molar-refractivity contribution in [1.82, 2.24) is 4.90 Å². The molecule has 3 N–H and O–H groups in total. The van der Waals surface area contributed by atoms with Crippen LogP contribution in [-0.4, -0.2) is 35.4 Å². The van der Waals surface area contributed by atoms with E-state index in [-0.39, 0.29) is 12.5 Å². The Morgan fingerprint density at radius 1 is 1.25 bits per heavy atom. The average molecular weight is 289 g/mol. The van der Waals surface area contributed by atoms with Crippen LogP contribution in [0.25, 0.3) is 0 Å². The molecule has 1 aromatic carbocycles. The van der Waals surface area contributed by atoms with Gasteiger partial charge in [0.25, 0.3) is 0 Å². The normalized spacial score (nSPS) is 10.1. The third kappa shape index (κ3) is 5.34. The molecule has 0 aromatic heterocycles.